The SMILES string of the molecule is O=C1CCN(C(=O)N[C@@H]2CNCC[C@@H]2c2ccccc2)CCCCCCN1. The van der Waals surface area contributed by atoms with Crippen molar-refractivity contribution in [1.82, 2.24) is 20.9 Å². The van der Waals surface area contributed by atoms with Crippen LogP contribution in [0.15, 0.2) is 30.3 Å². The first-order valence-electron chi connectivity index (χ1n) is 10.3. The molecule has 3 N–H and O–H groups in total. The van der Waals surface area contributed by atoms with Gasteiger partial charge in [0.25, 0.3) is 0 Å². The Kier molecular flexibility index (Phi) is 7.51. The smallest absolute Gasteiger partial charge is 0.317 e. The molecule has 6 nitrogen and oxygen atoms in total. The molecule has 6 heteroatoms. The standard InChI is InChI=1S/C21H32N4O2/c26-20-11-15-25(14-7-2-1-6-12-23-20)21(27)24-19-16-22-13-10-18(19)17-8-4-3-5-9-17/h3-5,8-9,18-19,22H,1-2,6-7,10-16H2,(H,23,26)(H,24,27)/t18-,19-/m1/s1. The lowest BCUT2D eigenvalue weighted by Crippen LogP contribution is -2.54. The van der Waals surface area contributed by atoms with Crippen molar-refractivity contribution in [3.05, 3.63) is 35.9 Å². The minimum absolute atomic E-state index is 0.0381. The van der Waals surface area contributed by atoms with Crippen molar-refractivity contribution in [3.63, 3.8) is 0 Å². The molecule has 0 bridgehead atoms. The fraction of sp³-hybridized carbons (Fsp3) is 0.619. The maximum atomic E-state index is 13.0. The third-order valence-electron chi connectivity index (χ3n) is 5.59. The summed E-state index contributed by atoms with van der Waals surface area (Å²) in [6.45, 7) is 3.69. The van der Waals surface area contributed by atoms with E-state index in [0.29, 0.717) is 18.9 Å². The van der Waals surface area contributed by atoms with E-state index in [-0.39, 0.29) is 18.0 Å². The molecule has 2 heterocycles. The molecule has 2 atom stereocenters. The molecule has 148 valence electrons. The number of amides is 3. The zero-order valence-electron chi connectivity index (χ0n) is 16.1. The summed E-state index contributed by atoms with van der Waals surface area (Å²) in [5.41, 5.74) is 1.28. The fourth-order valence-corrected chi connectivity index (χ4v) is 4.01. The van der Waals surface area contributed by atoms with Gasteiger partial charge < -0.3 is 20.9 Å². The Bertz CT molecular complexity index is 607. The van der Waals surface area contributed by atoms with E-state index in [9.17, 15) is 9.59 Å². The highest BCUT2D eigenvalue weighted by Gasteiger charge is 2.29. The summed E-state index contributed by atoms with van der Waals surface area (Å²) in [5.74, 6) is 0.361. The van der Waals surface area contributed by atoms with Crippen molar-refractivity contribution < 1.29 is 9.59 Å². The number of nitrogens with one attached hydrogen (secondary N) is 3. The minimum atomic E-state index is -0.0447. The molecular formula is C21H32N4O2. The lowest BCUT2D eigenvalue weighted by atomic mass is 9.86. The molecule has 2 fully saturated rings. The van der Waals surface area contributed by atoms with Crippen LogP contribution in [0.1, 0.15) is 50.0 Å². The van der Waals surface area contributed by atoms with Gasteiger partial charge in [0.2, 0.25) is 5.91 Å². The summed E-state index contributed by atoms with van der Waals surface area (Å²) in [7, 11) is 0. The zero-order valence-corrected chi connectivity index (χ0v) is 16.1. The van der Waals surface area contributed by atoms with E-state index in [1.165, 1.54) is 5.56 Å². The van der Waals surface area contributed by atoms with Crippen LogP contribution in [-0.2, 0) is 4.79 Å². The Morgan fingerprint density at radius 2 is 1.85 bits per heavy atom. The van der Waals surface area contributed by atoms with Crippen molar-refractivity contribution in [2.24, 2.45) is 0 Å². The zero-order chi connectivity index (χ0) is 18.9. The van der Waals surface area contributed by atoms with Gasteiger partial charge in [0.15, 0.2) is 0 Å². The highest BCUT2D eigenvalue weighted by molar-refractivity contribution is 5.78. The van der Waals surface area contributed by atoms with Crippen LogP contribution in [0.5, 0.6) is 0 Å². The Morgan fingerprint density at radius 3 is 2.70 bits per heavy atom. The lowest BCUT2D eigenvalue weighted by Gasteiger charge is -2.35. The van der Waals surface area contributed by atoms with E-state index in [2.05, 4.69) is 40.2 Å². The van der Waals surface area contributed by atoms with Crippen LogP contribution in [0, 0.1) is 0 Å². The highest BCUT2D eigenvalue weighted by Crippen LogP contribution is 2.25. The van der Waals surface area contributed by atoms with Gasteiger partial charge in [0.1, 0.15) is 0 Å². The Morgan fingerprint density at radius 1 is 1.04 bits per heavy atom. The van der Waals surface area contributed by atoms with Gasteiger partial charge >= 0.3 is 6.03 Å². The number of piperidine rings is 1. The molecule has 0 aliphatic carbocycles. The van der Waals surface area contributed by atoms with Crippen LogP contribution in [0.25, 0.3) is 0 Å². The first-order chi connectivity index (χ1) is 13.2. The van der Waals surface area contributed by atoms with Crippen molar-refractivity contribution >= 4 is 11.9 Å². The summed E-state index contributed by atoms with van der Waals surface area (Å²) < 4.78 is 0. The highest BCUT2D eigenvalue weighted by atomic mass is 16.2. The molecule has 0 spiro atoms. The number of hydrogen-bond acceptors (Lipinski definition) is 3. The average molecular weight is 373 g/mol. The van der Waals surface area contributed by atoms with Crippen LogP contribution in [0.4, 0.5) is 4.79 Å². The largest absolute Gasteiger partial charge is 0.356 e. The Balaban J connectivity index is 1.62. The van der Waals surface area contributed by atoms with Crippen molar-refractivity contribution in [3.8, 4) is 0 Å². The second-order valence-corrected chi connectivity index (χ2v) is 7.57. The quantitative estimate of drug-likeness (QED) is 0.745. The monoisotopic (exact) mass is 372 g/mol. The minimum Gasteiger partial charge on any atom is -0.356 e. The Labute approximate surface area is 162 Å². The summed E-state index contributed by atoms with van der Waals surface area (Å²) >= 11 is 0. The van der Waals surface area contributed by atoms with Gasteiger partial charge in [-0.3, -0.25) is 4.79 Å². The number of rotatable bonds is 2. The molecule has 2 saturated heterocycles. The second-order valence-electron chi connectivity index (χ2n) is 7.57. The van der Waals surface area contributed by atoms with Gasteiger partial charge in [-0.2, -0.15) is 0 Å². The first kappa shape index (κ1) is 19.7. The van der Waals surface area contributed by atoms with E-state index in [0.717, 1.165) is 58.3 Å². The molecule has 2 aliphatic heterocycles. The molecule has 3 amide bonds. The number of nitrogens with zero attached hydrogens (tertiary/aromatic N) is 1. The average Bonchev–Trinajstić information content (AvgIpc) is 2.74. The van der Waals surface area contributed by atoms with Gasteiger partial charge in [0.05, 0.1) is 0 Å². The molecule has 1 aromatic carbocycles. The molecule has 3 rings (SSSR count). The molecular weight excluding hydrogens is 340 g/mol. The Hall–Kier alpha value is -2.08. The molecule has 0 aromatic heterocycles. The number of hydrogen-bond donors (Lipinski definition) is 3. The maximum Gasteiger partial charge on any atom is 0.317 e. The third kappa shape index (κ3) is 5.96. The summed E-state index contributed by atoms with van der Waals surface area (Å²) in [4.78, 5) is 26.7. The normalized spacial score (nSPS) is 25.2. The lowest BCUT2D eigenvalue weighted by molar-refractivity contribution is -0.121. The van der Waals surface area contributed by atoms with E-state index < -0.39 is 0 Å². The van der Waals surface area contributed by atoms with Gasteiger partial charge in [-0.1, -0.05) is 43.2 Å². The van der Waals surface area contributed by atoms with Gasteiger partial charge in [-0.15, -0.1) is 0 Å². The van der Waals surface area contributed by atoms with Crippen molar-refractivity contribution in [1.29, 1.82) is 0 Å². The van der Waals surface area contributed by atoms with Crippen LogP contribution in [-0.4, -0.2) is 55.6 Å². The molecule has 1 aromatic rings. The predicted molar refractivity (Wildman–Crippen MR) is 107 cm³/mol. The van der Waals surface area contributed by atoms with Gasteiger partial charge in [-0.25, -0.2) is 4.79 Å². The summed E-state index contributed by atoms with van der Waals surface area (Å²) in [6, 6.07) is 10.5. The molecule has 2 aliphatic rings. The van der Waals surface area contributed by atoms with Crippen molar-refractivity contribution in [2.45, 2.75) is 50.5 Å². The van der Waals surface area contributed by atoms with Crippen molar-refractivity contribution in [2.75, 3.05) is 32.7 Å². The van der Waals surface area contributed by atoms with Gasteiger partial charge in [0, 0.05) is 44.6 Å². The molecule has 27 heavy (non-hydrogen) atoms. The maximum absolute atomic E-state index is 13.0. The second kappa shape index (κ2) is 10.3. The third-order valence-corrected chi connectivity index (χ3v) is 5.59. The number of benzene rings is 1. The molecule has 0 radical (unpaired) electrons. The fourth-order valence-electron chi connectivity index (χ4n) is 4.01. The van der Waals surface area contributed by atoms with Crippen LogP contribution in [0.3, 0.4) is 0 Å². The number of carbonyl (C=O) groups excluding carboxylic acids is 2. The van der Waals surface area contributed by atoms with E-state index >= 15 is 0 Å². The van der Waals surface area contributed by atoms with Crippen LogP contribution < -0.4 is 16.0 Å². The van der Waals surface area contributed by atoms with Crippen LogP contribution >= 0.6 is 0 Å². The summed E-state index contributed by atoms with van der Waals surface area (Å²) in [5, 5.41) is 9.59. The first-order valence-corrected chi connectivity index (χ1v) is 10.3. The summed E-state index contributed by atoms with van der Waals surface area (Å²) in [6.07, 6.45) is 5.59. The topological polar surface area (TPSA) is 73.5 Å². The molecule has 0 saturated carbocycles. The van der Waals surface area contributed by atoms with Crippen LogP contribution in [0.2, 0.25) is 0 Å². The van der Waals surface area contributed by atoms with E-state index in [4.69, 9.17) is 0 Å². The van der Waals surface area contributed by atoms with E-state index in [1.807, 2.05) is 11.0 Å². The number of carbonyl (C=O) groups is 2. The predicted octanol–water partition coefficient (Wildman–Crippen LogP) is 2.22. The van der Waals surface area contributed by atoms with Gasteiger partial charge in [-0.05, 0) is 31.4 Å². The van der Waals surface area contributed by atoms with E-state index in [1.54, 1.807) is 0 Å². The molecule has 0 unspecified atom stereocenters. The number of urea groups is 1.